The van der Waals surface area contributed by atoms with Gasteiger partial charge in [0.25, 0.3) is 0 Å². The van der Waals surface area contributed by atoms with Gasteiger partial charge in [-0.1, -0.05) is 23.7 Å². The first kappa shape index (κ1) is 14.8. The van der Waals surface area contributed by atoms with Gasteiger partial charge in [-0.15, -0.1) is 0 Å². The zero-order chi connectivity index (χ0) is 14.3. The van der Waals surface area contributed by atoms with Crippen LogP contribution in [-0.4, -0.2) is 38.7 Å². The van der Waals surface area contributed by atoms with Crippen molar-refractivity contribution in [3.05, 3.63) is 34.9 Å². The zero-order valence-corrected chi connectivity index (χ0v) is 12.5. The van der Waals surface area contributed by atoms with E-state index in [0.29, 0.717) is 11.6 Å². The lowest BCUT2D eigenvalue weighted by atomic mass is 10.1. The molecule has 3 atom stereocenters. The number of nitrogens with two attached hydrogens (primary N) is 1. The Bertz CT molecular complexity index is 558. The van der Waals surface area contributed by atoms with Crippen LogP contribution in [0.3, 0.4) is 0 Å². The third-order valence-corrected chi connectivity index (χ3v) is 5.43. The predicted molar refractivity (Wildman–Crippen MR) is 76.2 cm³/mol. The second kappa shape index (κ2) is 5.05. The van der Waals surface area contributed by atoms with E-state index in [1.807, 2.05) is 19.1 Å². The monoisotopic (exact) mass is 303 g/mol. The van der Waals surface area contributed by atoms with Crippen LogP contribution >= 0.6 is 11.6 Å². The van der Waals surface area contributed by atoms with Crippen LogP contribution in [0.1, 0.15) is 18.4 Å². The van der Waals surface area contributed by atoms with Gasteiger partial charge in [0.2, 0.25) is 0 Å². The highest BCUT2D eigenvalue weighted by Gasteiger charge is 2.67. The molecule has 1 aromatic carbocycles. The van der Waals surface area contributed by atoms with E-state index in [-0.39, 0.29) is 12.5 Å². The van der Waals surface area contributed by atoms with Crippen molar-refractivity contribution < 1.29 is 13.2 Å². The molecule has 0 bridgehead atoms. The summed E-state index contributed by atoms with van der Waals surface area (Å²) < 4.78 is 29.1. The Labute approximate surface area is 118 Å². The lowest BCUT2D eigenvalue weighted by molar-refractivity contribution is 0.125. The van der Waals surface area contributed by atoms with E-state index >= 15 is 0 Å². The fourth-order valence-electron chi connectivity index (χ4n) is 2.67. The molecule has 1 aromatic rings. The molecule has 19 heavy (non-hydrogen) atoms. The number of ether oxygens (including phenoxy) is 1. The molecular formula is C13H18ClNO3S. The Kier molecular flexibility index (Phi) is 3.93. The zero-order valence-electron chi connectivity index (χ0n) is 11.0. The molecule has 0 saturated heterocycles. The number of hydrogen-bond donors (Lipinski definition) is 1. The average molecular weight is 304 g/mol. The molecule has 0 unspecified atom stereocenters. The SMILES string of the molecule is CCOC[C@]1(N)[C@H](c2ccc(Cl)cc2)[C@@H]1S(C)(=O)=O. The molecule has 1 aliphatic carbocycles. The van der Waals surface area contributed by atoms with Gasteiger partial charge in [-0.05, 0) is 24.6 Å². The Morgan fingerprint density at radius 3 is 2.42 bits per heavy atom. The van der Waals surface area contributed by atoms with Crippen LogP contribution in [0.2, 0.25) is 5.02 Å². The van der Waals surface area contributed by atoms with E-state index in [4.69, 9.17) is 22.1 Å². The quantitative estimate of drug-likeness (QED) is 0.897. The highest BCUT2D eigenvalue weighted by Crippen LogP contribution is 2.54. The van der Waals surface area contributed by atoms with E-state index in [2.05, 4.69) is 0 Å². The van der Waals surface area contributed by atoms with Gasteiger partial charge in [0.15, 0.2) is 9.84 Å². The molecule has 106 valence electrons. The van der Waals surface area contributed by atoms with Gasteiger partial charge in [0, 0.05) is 23.8 Å². The van der Waals surface area contributed by atoms with Crippen molar-refractivity contribution in [3.63, 3.8) is 0 Å². The Morgan fingerprint density at radius 1 is 1.37 bits per heavy atom. The van der Waals surface area contributed by atoms with Crippen molar-refractivity contribution in [1.29, 1.82) is 0 Å². The molecular weight excluding hydrogens is 286 g/mol. The van der Waals surface area contributed by atoms with Crippen LogP contribution in [0.15, 0.2) is 24.3 Å². The summed E-state index contributed by atoms with van der Waals surface area (Å²) in [4.78, 5) is 0. The molecule has 0 aliphatic heterocycles. The van der Waals surface area contributed by atoms with Crippen molar-refractivity contribution in [2.45, 2.75) is 23.6 Å². The summed E-state index contributed by atoms with van der Waals surface area (Å²) in [5.74, 6) is -0.230. The minimum atomic E-state index is -3.21. The summed E-state index contributed by atoms with van der Waals surface area (Å²) in [5, 5.41) is 0.0282. The fourth-order valence-corrected chi connectivity index (χ4v) is 4.64. The van der Waals surface area contributed by atoms with E-state index in [9.17, 15) is 8.42 Å². The lowest BCUT2D eigenvalue weighted by Gasteiger charge is -2.11. The van der Waals surface area contributed by atoms with Gasteiger partial charge >= 0.3 is 0 Å². The second-order valence-electron chi connectivity index (χ2n) is 5.03. The van der Waals surface area contributed by atoms with E-state index in [0.717, 1.165) is 5.56 Å². The maximum absolute atomic E-state index is 11.9. The van der Waals surface area contributed by atoms with Crippen molar-refractivity contribution in [3.8, 4) is 0 Å². The molecule has 1 saturated carbocycles. The van der Waals surface area contributed by atoms with Gasteiger partial charge in [0.1, 0.15) is 0 Å². The largest absolute Gasteiger partial charge is 0.380 e. The normalized spacial score (nSPS) is 30.3. The highest BCUT2D eigenvalue weighted by atomic mass is 35.5. The lowest BCUT2D eigenvalue weighted by Crippen LogP contribution is -2.36. The Balaban J connectivity index is 2.30. The summed E-state index contributed by atoms with van der Waals surface area (Å²) in [7, 11) is -3.21. The minimum Gasteiger partial charge on any atom is -0.380 e. The molecule has 2 N–H and O–H groups in total. The number of sulfone groups is 1. The van der Waals surface area contributed by atoms with E-state index in [1.165, 1.54) is 6.26 Å². The molecule has 1 aliphatic rings. The van der Waals surface area contributed by atoms with E-state index in [1.54, 1.807) is 12.1 Å². The summed E-state index contributed by atoms with van der Waals surface area (Å²) in [5.41, 5.74) is 6.30. The maximum Gasteiger partial charge on any atom is 0.152 e. The van der Waals surface area contributed by atoms with Crippen molar-refractivity contribution in [2.75, 3.05) is 19.5 Å². The predicted octanol–water partition coefficient (Wildman–Crippen LogP) is 1.58. The molecule has 0 spiro atoms. The third-order valence-electron chi connectivity index (χ3n) is 3.55. The summed E-state index contributed by atoms with van der Waals surface area (Å²) >= 11 is 5.84. The summed E-state index contributed by atoms with van der Waals surface area (Å²) in [6, 6.07) is 7.14. The summed E-state index contributed by atoms with van der Waals surface area (Å²) in [6.45, 7) is 2.62. The molecule has 0 aromatic heterocycles. The molecule has 4 nitrogen and oxygen atoms in total. The highest BCUT2D eigenvalue weighted by molar-refractivity contribution is 7.91. The van der Waals surface area contributed by atoms with Crippen molar-refractivity contribution >= 4 is 21.4 Å². The van der Waals surface area contributed by atoms with E-state index < -0.39 is 20.6 Å². The van der Waals surface area contributed by atoms with Crippen molar-refractivity contribution in [1.82, 2.24) is 0 Å². The molecule has 0 heterocycles. The smallest absolute Gasteiger partial charge is 0.152 e. The number of halogens is 1. The first-order chi connectivity index (χ1) is 8.80. The van der Waals surface area contributed by atoms with Crippen LogP contribution < -0.4 is 5.73 Å². The van der Waals surface area contributed by atoms with Gasteiger partial charge in [0.05, 0.1) is 17.4 Å². The minimum absolute atomic E-state index is 0.230. The maximum atomic E-state index is 11.9. The molecule has 0 amide bonds. The fraction of sp³-hybridized carbons (Fsp3) is 0.538. The first-order valence-electron chi connectivity index (χ1n) is 6.11. The number of rotatable bonds is 5. The summed E-state index contributed by atoms with van der Waals surface area (Å²) in [6.07, 6.45) is 1.22. The van der Waals surface area contributed by atoms with Gasteiger partial charge in [-0.25, -0.2) is 8.42 Å². The number of benzene rings is 1. The first-order valence-corrected chi connectivity index (χ1v) is 8.45. The van der Waals surface area contributed by atoms with Crippen LogP contribution in [-0.2, 0) is 14.6 Å². The van der Waals surface area contributed by atoms with Gasteiger partial charge in [-0.3, -0.25) is 0 Å². The number of hydrogen-bond acceptors (Lipinski definition) is 4. The molecule has 2 rings (SSSR count). The Morgan fingerprint density at radius 2 is 1.95 bits per heavy atom. The van der Waals surface area contributed by atoms with Crippen molar-refractivity contribution in [2.24, 2.45) is 5.73 Å². The van der Waals surface area contributed by atoms with Crippen LogP contribution in [0, 0.1) is 0 Å². The Hall–Kier alpha value is -0.620. The van der Waals surface area contributed by atoms with Crippen LogP contribution in [0.4, 0.5) is 0 Å². The molecule has 1 fully saturated rings. The van der Waals surface area contributed by atoms with Gasteiger partial charge < -0.3 is 10.5 Å². The molecule has 6 heteroatoms. The van der Waals surface area contributed by atoms with Gasteiger partial charge in [-0.2, -0.15) is 0 Å². The second-order valence-corrected chi connectivity index (χ2v) is 7.63. The third kappa shape index (κ3) is 2.79. The average Bonchev–Trinajstić information content (AvgIpc) is 2.95. The van der Waals surface area contributed by atoms with Crippen LogP contribution in [0.5, 0.6) is 0 Å². The topological polar surface area (TPSA) is 69.4 Å². The standard InChI is InChI=1S/C13H18ClNO3S/c1-3-18-8-13(15)11(12(13)19(2,16)17)9-4-6-10(14)7-5-9/h4-7,11-12H,3,8,15H2,1-2H3/t11-,12+,13+/m1/s1. The van der Waals surface area contributed by atoms with Crippen LogP contribution in [0.25, 0.3) is 0 Å². The molecule has 0 radical (unpaired) electrons.